The van der Waals surface area contributed by atoms with E-state index in [1.54, 1.807) is 12.1 Å². The molecule has 3 rings (SSSR count). The number of hydrogen-bond donors (Lipinski definition) is 0. The summed E-state index contributed by atoms with van der Waals surface area (Å²) in [5.41, 5.74) is 2.15. The Morgan fingerprint density at radius 3 is 2.23 bits per heavy atom. The summed E-state index contributed by atoms with van der Waals surface area (Å²) in [5, 5.41) is 0. The minimum Gasteiger partial charge on any atom is -0.335 e. The van der Waals surface area contributed by atoms with Gasteiger partial charge in [0, 0.05) is 31.6 Å². The van der Waals surface area contributed by atoms with Crippen LogP contribution in [-0.4, -0.2) is 42.7 Å². The fourth-order valence-electron chi connectivity index (χ4n) is 3.89. The lowest BCUT2D eigenvalue weighted by Crippen LogP contribution is -2.46. The van der Waals surface area contributed by atoms with Crippen LogP contribution in [0.15, 0.2) is 59.5 Å². The summed E-state index contributed by atoms with van der Waals surface area (Å²) in [6, 6.07) is 17.1. The van der Waals surface area contributed by atoms with Crippen LogP contribution in [0, 0.1) is 12.8 Å². The van der Waals surface area contributed by atoms with Crippen LogP contribution < -0.4 is 0 Å². The molecule has 2 aromatic carbocycles. The van der Waals surface area contributed by atoms with Gasteiger partial charge < -0.3 is 4.90 Å². The maximum absolute atomic E-state index is 13.3. The van der Waals surface area contributed by atoms with Gasteiger partial charge in [0.1, 0.15) is 0 Å². The van der Waals surface area contributed by atoms with Crippen LogP contribution in [0.25, 0.3) is 0 Å². The first kappa shape index (κ1) is 22.5. The molecule has 6 heteroatoms. The van der Waals surface area contributed by atoms with Crippen molar-refractivity contribution in [2.75, 3.05) is 13.1 Å². The fraction of sp³-hybridized carbons (Fsp3) is 0.458. The lowest BCUT2D eigenvalue weighted by molar-refractivity contribution is -0.139. The number of piperidine rings is 1. The number of sulfonamides is 1. The van der Waals surface area contributed by atoms with Crippen LogP contribution in [0.5, 0.6) is 0 Å². The average molecular weight is 429 g/mol. The molecule has 0 aliphatic carbocycles. The zero-order valence-corrected chi connectivity index (χ0v) is 18.9. The van der Waals surface area contributed by atoms with Crippen molar-refractivity contribution in [2.45, 2.75) is 57.5 Å². The molecule has 0 saturated carbocycles. The third kappa shape index (κ3) is 5.10. The number of benzene rings is 2. The maximum Gasteiger partial charge on any atom is 0.243 e. The summed E-state index contributed by atoms with van der Waals surface area (Å²) < 4.78 is 27.4. The summed E-state index contributed by atoms with van der Waals surface area (Å²) >= 11 is 0. The Morgan fingerprint density at radius 1 is 1.07 bits per heavy atom. The van der Waals surface area contributed by atoms with Gasteiger partial charge in [-0.15, -0.1) is 0 Å². The zero-order chi connectivity index (χ0) is 21.7. The SMILES string of the molecule is CCC(C)N(Cc1ccccc1)C(=O)C1CCN(S(=O)(=O)c2ccc(C)cc2)CC1. The molecule has 1 fully saturated rings. The highest BCUT2D eigenvalue weighted by molar-refractivity contribution is 7.89. The minimum atomic E-state index is -3.51. The van der Waals surface area contributed by atoms with Gasteiger partial charge in [0.15, 0.2) is 0 Å². The van der Waals surface area contributed by atoms with Gasteiger partial charge in [-0.3, -0.25) is 4.79 Å². The average Bonchev–Trinajstić information content (AvgIpc) is 2.77. The van der Waals surface area contributed by atoms with Crippen molar-refractivity contribution >= 4 is 15.9 Å². The van der Waals surface area contributed by atoms with Crippen LogP contribution in [0.3, 0.4) is 0 Å². The first-order chi connectivity index (χ1) is 14.3. The van der Waals surface area contributed by atoms with Gasteiger partial charge in [0.05, 0.1) is 4.90 Å². The molecule has 0 aromatic heterocycles. The van der Waals surface area contributed by atoms with Crippen molar-refractivity contribution in [3.8, 4) is 0 Å². The largest absolute Gasteiger partial charge is 0.335 e. The molecule has 30 heavy (non-hydrogen) atoms. The highest BCUT2D eigenvalue weighted by Crippen LogP contribution is 2.27. The fourth-order valence-corrected chi connectivity index (χ4v) is 5.36. The second-order valence-corrected chi connectivity index (χ2v) is 10.1. The topological polar surface area (TPSA) is 57.7 Å². The predicted octanol–water partition coefficient (Wildman–Crippen LogP) is 4.22. The van der Waals surface area contributed by atoms with Crippen molar-refractivity contribution < 1.29 is 13.2 Å². The molecule has 1 atom stereocenters. The van der Waals surface area contributed by atoms with E-state index < -0.39 is 10.0 Å². The standard InChI is InChI=1S/C24H32N2O3S/c1-4-20(3)26(18-21-8-6-5-7-9-21)24(27)22-14-16-25(17-15-22)30(28,29)23-12-10-19(2)11-13-23/h5-13,20,22H,4,14-18H2,1-3H3. The van der Waals surface area contributed by atoms with Gasteiger partial charge in [-0.05, 0) is 50.8 Å². The first-order valence-corrected chi connectivity index (χ1v) is 12.2. The molecule has 1 amide bonds. The number of carbonyl (C=O) groups is 1. The number of rotatable bonds is 7. The molecule has 0 radical (unpaired) electrons. The molecule has 5 nitrogen and oxygen atoms in total. The highest BCUT2D eigenvalue weighted by atomic mass is 32.2. The minimum absolute atomic E-state index is 0.132. The second kappa shape index (κ2) is 9.75. The van der Waals surface area contributed by atoms with E-state index in [2.05, 4.69) is 13.8 Å². The number of aryl methyl sites for hydroxylation is 1. The molecule has 1 heterocycles. The highest BCUT2D eigenvalue weighted by Gasteiger charge is 2.34. The van der Waals surface area contributed by atoms with Gasteiger partial charge in [0.25, 0.3) is 0 Å². The van der Waals surface area contributed by atoms with E-state index in [4.69, 9.17) is 0 Å². The maximum atomic E-state index is 13.3. The molecule has 0 bridgehead atoms. The van der Waals surface area contributed by atoms with Crippen LogP contribution in [0.1, 0.15) is 44.2 Å². The second-order valence-electron chi connectivity index (χ2n) is 8.20. The third-order valence-electron chi connectivity index (χ3n) is 6.06. The Balaban J connectivity index is 1.67. The van der Waals surface area contributed by atoms with Crippen molar-refractivity contribution in [2.24, 2.45) is 5.92 Å². The summed E-state index contributed by atoms with van der Waals surface area (Å²) in [5.74, 6) is 0.00719. The van der Waals surface area contributed by atoms with E-state index in [0.29, 0.717) is 37.4 Å². The normalized spacial score (nSPS) is 16.9. The Morgan fingerprint density at radius 2 is 1.67 bits per heavy atom. The molecule has 2 aromatic rings. The molecule has 1 saturated heterocycles. The molecule has 0 N–H and O–H groups in total. The summed E-state index contributed by atoms with van der Waals surface area (Å²) in [6.45, 7) is 7.46. The summed E-state index contributed by atoms with van der Waals surface area (Å²) in [6.07, 6.45) is 2.01. The first-order valence-electron chi connectivity index (χ1n) is 10.7. The molecule has 1 aliphatic heterocycles. The molecular weight excluding hydrogens is 396 g/mol. The monoisotopic (exact) mass is 428 g/mol. The Hall–Kier alpha value is -2.18. The molecule has 1 aliphatic rings. The van der Waals surface area contributed by atoms with Gasteiger partial charge in [0.2, 0.25) is 15.9 Å². The summed E-state index contributed by atoms with van der Waals surface area (Å²) in [4.78, 5) is 15.6. The Bertz CT molecular complexity index is 934. The lowest BCUT2D eigenvalue weighted by atomic mass is 9.95. The van der Waals surface area contributed by atoms with E-state index in [-0.39, 0.29) is 17.9 Å². The lowest BCUT2D eigenvalue weighted by Gasteiger charge is -2.36. The number of amides is 1. The summed E-state index contributed by atoms with van der Waals surface area (Å²) in [7, 11) is -3.51. The van der Waals surface area contributed by atoms with Crippen LogP contribution in [0.2, 0.25) is 0 Å². The smallest absolute Gasteiger partial charge is 0.243 e. The molecule has 1 unspecified atom stereocenters. The van der Waals surface area contributed by atoms with E-state index in [0.717, 1.165) is 17.5 Å². The number of carbonyl (C=O) groups excluding carboxylic acids is 1. The van der Waals surface area contributed by atoms with Crippen LogP contribution in [0.4, 0.5) is 0 Å². The van der Waals surface area contributed by atoms with Gasteiger partial charge in [-0.1, -0.05) is 55.0 Å². The van der Waals surface area contributed by atoms with E-state index in [9.17, 15) is 13.2 Å². The Kier molecular flexibility index (Phi) is 7.32. The van der Waals surface area contributed by atoms with Gasteiger partial charge >= 0.3 is 0 Å². The quantitative estimate of drug-likeness (QED) is 0.663. The van der Waals surface area contributed by atoms with Crippen molar-refractivity contribution in [3.05, 3.63) is 65.7 Å². The number of hydrogen-bond acceptors (Lipinski definition) is 3. The molecular formula is C24H32N2O3S. The van der Waals surface area contributed by atoms with Crippen LogP contribution in [-0.2, 0) is 21.4 Å². The van der Waals surface area contributed by atoms with Crippen molar-refractivity contribution in [3.63, 3.8) is 0 Å². The molecule has 0 spiro atoms. The van der Waals surface area contributed by atoms with Crippen LogP contribution >= 0.6 is 0 Å². The van der Waals surface area contributed by atoms with Crippen molar-refractivity contribution in [1.29, 1.82) is 0 Å². The third-order valence-corrected chi connectivity index (χ3v) is 7.98. The predicted molar refractivity (Wildman–Crippen MR) is 119 cm³/mol. The van der Waals surface area contributed by atoms with E-state index >= 15 is 0 Å². The Labute approximate surface area is 180 Å². The van der Waals surface area contributed by atoms with Gasteiger partial charge in [-0.25, -0.2) is 8.42 Å². The number of nitrogens with zero attached hydrogens (tertiary/aromatic N) is 2. The zero-order valence-electron chi connectivity index (χ0n) is 18.1. The van der Waals surface area contributed by atoms with Crippen molar-refractivity contribution in [1.82, 2.24) is 9.21 Å². The molecule has 162 valence electrons. The van der Waals surface area contributed by atoms with Gasteiger partial charge in [-0.2, -0.15) is 4.31 Å². The van der Waals surface area contributed by atoms with E-state index in [1.807, 2.05) is 54.3 Å². The van der Waals surface area contributed by atoms with E-state index in [1.165, 1.54) is 4.31 Å².